The van der Waals surface area contributed by atoms with E-state index in [1.165, 1.54) is 42.6 Å². The van der Waals surface area contributed by atoms with Crippen LogP contribution in [0, 0.1) is 10.1 Å². The first-order valence-corrected chi connectivity index (χ1v) is 11.8. The zero-order chi connectivity index (χ0) is 27.1. The Kier molecular flexibility index (Phi) is 8.32. The topological polar surface area (TPSA) is 127 Å². The lowest BCUT2D eigenvalue weighted by Gasteiger charge is -2.10. The zero-order valence-electron chi connectivity index (χ0n) is 19.4. The summed E-state index contributed by atoms with van der Waals surface area (Å²) < 4.78 is 5.72. The number of furan rings is 1. The maximum Gasteiger partial charge on any atom is 0.287 e. The van der Waals surface area contributed by atoms with Crippen molar-refractivity contribution in [2.45, 2.75) is 0 Å². The molecule has 0 atom stereocenters. The van der Waals surface area contributed by atoms with Crippen LogP contribution >= 0.6 is 23.2 Å². The zero-order valence-corrected chi connectivity index (χ0v) is 20.9. The van der Waals surface area contributed by atoms with Crippen molar-refractivity contribution in [2.24, 2.45) is 5.10 Å². The number of benzene rings is 3. The fourth-order valence-electron chi connectivity index (χ4n) is 3.26. The van der Waals surface area contributed by atoms with Crippen LogP contribution in [0.1, 0.15) is 21.7 Å². The van der Waals surface area contributed by atoms with E-state index in [-0.39, 0.29) is 22.0 Å². The van der Waals surface area contributed by atoms with Gasteiger partial charge in [-0.25, -0.2) is 5.43 Å². The molecule has 1 aromatic heterocycles. The molecule has 0 unspecified atom stereocenters. The minimum Gasteiger partial charge on any atom is -0.455 e. The highest BCUT2D eigenvalue weighted by Gasteiger charge is 2.17. The standard InChI is InChI=1S/C27H18Cl2N4O5/c28-19-9-7-18(8-10-19)25-14-13-21(38-25)16-30-32-27(35)24(15-17-5-11-20(12-6-17)33(36)37)31-26(34)22-3-1-2-4-23(22)29/h1-16H,(H,31,34)(H,32,35)/b24-15+,30-16+. The summed E-state index contributed by atoms with van der Waals surface area (Å²) in [5, 5.41) is 18.2. The Hall–Kier alpha value is -4.73. The predicted molar refractivity (Wildman–Crippen MR) is 145 cm³/mol. The molecule has 0 aliphatic rings. The molecule has 4 aromatic rings. The second-order valence-corrected chi connectivity index (χ2v) is 8.59. The average Bonchev–Trinajstić information content (AvgIpc) is 3.38. The summed E-state index contributed by atoms with van der Waals surface area (Å²) in [6.07, 6.45) is 2.66. The van der Waals surface area contributed by atoms with Crippen LogP contribution < -0.4 is 10.7 Å². The lowest BCUT2D eigenvalue weighted by atomic mass is 10.1. The molecule has 0 aliphatic heterocycles. The van der Waals surface area contributed by atoms with Gasteiger partial charge in [0.1, 0.15) is 17.2 Å². The Balaban J connectivity index is 1.52. The van der Waals surface area contributed by atoms with Crippen molar-refractivity contribution < 1.29 is 18.9 Å². The summed E-state index contributed by atoms with van der Waals surface area (Å²) in [6.45, 7) is 0. The average molecular weight is 549 g/mol. The normalized spacial score (nSPS) is 11.4. The van der Waals surface area contributed by atoms with Crippen molar-refractivity contribution in [3.05, 3.63) is 128 Å². The number of rotatable bonds is 8. The Labute approximate surface area is 226 Å². The second-order valence-electron chi connectivity index (χ2n) is 7.75. The van der Waals surface area contributed by atoms with E-state index in [0.29, 0.717) is 22.1 Å². The van der Waals surface area contributed by atoms with E-state index in [9.17, 15) is 19.7 Å². The number of non-ortho nitro benzene ring substituents is 1. The summed E-state index contributed by atoms with van der Waals surface area (Å²) in [7, 11) is 0. The number of nitrogens with one attached hydrogen (secondary N) is 2. The first-order valence-electron chi connectivity index (χ1n) is 11.0. The lowest BCUT2D eigenvalue weighted by molar-refractivity contribution is -0.384. The van der Waals surface area contributed by atoms with Gasteiger partial charge < -0.3 is 9.73 Å². The molecule has 4 rings (SSSR count). The van der Waals surface area contributed by atoms with Gasteiger partial charge in [-0.3, -0.25) is 19.7 Å². The predicted octanol–water partition coefficient (Wildman–Crippen LogP) is 6.08. The smallest absolute Gasteiger partial charge is 0.287 e. The van der Waals surface area contributed by atoms with Gasteiger partial charge in [-0.05, 0) is 72.3 Å². The number of carbonyl (C=O) groups excluding carboxylic acids is 2. The molecule has 9 nitrogen and oxygen atoms in total. The van der Waals surface area contributed by atoms with Gasteiger partial charge in [0.05, 0.1) is 21.7 Å². The summed E-state index contributed by atoms with van der Waals surface area (Å²) in [6, 6.07) is 22.3. The minimum absolute atomic E-state index is 0.116. The SMILES string of the molecule is O=C(N/N=C/c1ccc(-c2ccc(Cl)cc2)o1)/C(=C\c1ccc([N+](=O)[O-])cc1)NC(=O)c1ccccc1Cl. The van der Waals surface area contributed by atoms with Crippen LogP contribution in [-0.2, 0) is 4.79 Å². The number of amides is 2. The van der Waals surface area contributed by atoms with Gasteiger partial charge in [-0.1, -0.05) is 35.3 Å². The molecule has 0 saturated heterocycles. The molecule has 0 bridgehead atoms. The summed E-state index contributed by atoms with van der Waals surface area (Å²) in [5.41, 5.74) is 3.46. The van der Waals surface area contributed by atoms with Crippen LogP contribution in [0.2, 0.25) is 10.0 Å². The third-order valence-electron chi connectivity index (χ3n) is 5.14. The maximum atomic E-state index is 12.9. The number of nitrogens with zero attached hydrogens (tertiary/aromatic N) is 2. The number of nitro benzene ring substituents is 1. The van der Waals surface area contributed by atoms with Crippen LogP contribution in [0.4, 0.5) is 5.69 Å². The number of carbonyl (C=O) groups is 2. The Morgan fingerprint density at radius 1 is 0.921 bits per heavy atom. The quantitative estimate of drug-likeness (QED) is 0.119. The van der Waals surface area contributed by atoms with E-state index in [1.807, 2.05) is 0 Å². The van der Waals surface area contributed by atoms with Crippen molar-refractivity contribution >= 4 is 53.0 Å². The first-order chi connectivity index (χ1) is 18.3. The van der Waals surface area contributed by atoms with E-state index in [2.05, 4.69) is 15.8 Å². The molecule has 3 aromatic carbocycles. The largest absolute Gasteiger partial charge is 0.455 e. The van der Waals surface area contributed by atoms with Crippen molar-refractivity contribution in [3.8, 4) is 11.3 Å². The monoisotopic (exact) mass is 548 g/mol. The number of nitro groups is 1. The van der Waals surface area contributed by atoms with E-state index in [0.717, 1.165) is 5.56 Å². The molecule has 0 spiro atoms. The van der Waals surface area contributed by atoms with Crippen LogP contribution in [0.15, 0.2) is 100 Å². The van der Waals surface area contributed by atoms with Gasteiger partial charge >= 0.3 is 0 Å². The van der Waals surface area contributed by atoms with Gasteiger partial charge in [-0.15, -0.1) is 0 Å². The molecule has 0 radical (unpaired) electrons. The Morgan fingerprint density at radius 2 is 1.63 bits per heavy atom. The van der Waals surface area contributed by atoms with Crippen LogP contribution in [0.3, 0.4) is 0 Å². The molecule has 0 saturated carbocycles. The minimum atomic E-state index is -0.746. The first kappa shape index (κ1) is 26.3. The molecule has 11 heteroatoms. The molecule has 0 fully saturated rings. The highest BCUT2D eigenvalue weighted by molar-refractivity contribution is 6.34. The number of hydrogen-bond donors (Lipinski definition) is 2. The Morgan fingerprint density at radius 3 is 2.32 bits per heavy atom. The van der Waals surface area contributed by atoms with Gasteiger partial charge in [0.2, 0.25) is 0 Å². The van der Waals surface area contributed by atoms with Gasteiger partial charge in [0.25, 0.3) is 17.5 Å². The third kappa shape index (κ3) is 6.73. The number of hydrazone groups is 1. The highest BCUT2D eigenvalue weighted by Crippen LogP contribution is 2.23. The van der Waals surface area contributed by atoms with Crippen molar-refractivity contribution in [3.63, 3.8) is 0 Å². The fraction of sp³-hybridized carbons (Fsp3) is 0. The molecule has 38 heavy (non-hydrogen) atoms. The van der Waals surface area contributed by atoms with Gasteiger partial charge in [0.15, 0.2) is 0 Å². The number of halogens is 2. The van der Waals surface area contributed by atoms with E-state index in [4.69, 9.17) is 27.6 Å². The van der Waals surface area contributed by atoms with Gasteiger partial charge in [0, 0.05) is 22.7 Å². The molecular weight excluding hydrogens is 531 g/mol. The summed E-state index contributed by atoms with van der Waals surface area (Å²) in [4.78, 5) is 36.1. The molecule has 0 aliphatic carbocycles. The lowest BCUT2D eigenvalue weighted by Crippen LogP contribution is -2.33. The van der Waals surface area contributed by atoms with Crippen molar-refractivity contribution in [1.82, 2.24) is 10.7 Å². The third-order valence-corrected chi connectivity index (χ3v) is 5.72. The van der Waals surface area contributed by atoms with Gasteiger partial charge in [-0.2, -0.15) is 5.10 Å². The second kappa shape index (κ2) is 12.0. The van der Waals surface area contributed by atoms with E-state index >= 15 is 0 Å². The molecule has 2 N–H and O–H groups in total. The summed E-state index contributed by atoms with van der Waals surface area (Å²) >= 11 is 12.0. The molecule has 1 heterocycles. The molecule has 190 valence electrons. The van der Waals surface area contributed by atoms with Crippen molar-refractivity contribution in [2.75, 3.05) is 0 Å². The molecular formula is C27H18Cl2N4O5. The fourth-order valence-corrected chi connectivity index (χ4v) is 3.61. The summed E-state index contributed by atoms with van der Waals surface area (Å²) in [5.74, 6) is -0.414. The molecule has 2 amide bonds. The van der Waals surface area contributed by atoms with E-state index in [1.54, 1.807) is 54.6 Å². The van der Waals surface area contributed by atoms with Crippen LogP contribution in [0.25, 0.3) is 17.4 Å². The highest BCUT2D eigenvalue weighted by atomic mass is 35.5. The van der Waals surface area contributed by atoms with Crippen LogP contribution in [0.5, 0.6) is 0 Å². The maximum absolute atomic E-state index is 12.9. The van der Waals surface area contributed by atoms with Crippen molar-refractivity contribution in [1.29, 1.82) is 0 Å². The number of hydrogen-bond acceptors (Lipinski definition) is 6. The Bertz CT molecular complexity index is 1540. The van der Waals surface area contributed by atoms with E-state index < -0.39 is 16.7 Å². The van der Waals surface area contributed by atoms with Crippen LogP contribution in [-0.4, -0.2) is 23.0 Å².